The lowest BCUT2D eigenvalue weighted by Gasteiger charge is -2.31. The Kier molecular flexibility index (Phi) is 4.95. The normalized spacial score (nSPS) is 17.9. The second kappa shape index (κ2) is 6.48. The maximum absolute atomic E-state index is 11.6. The second-order valence-electron chi connectivity index (χ2n) is 5.00. The lowest BCUT2D eigenvalue weighted by atomic mass is 9.91. The maximum Gasteiger partial charge on any atom is 0.135 e. The Morgan fingerprint density at radius 3 is 2.44 bits per heavy atom. The van der Waals surface area contributed by atoms with Gasteiger partial charge in [-0.1, -0.05) is 35.0 Å². The van der Waals surface area contributed by atoms with E-state index in [0.717, 1.165) is 36.9 Å². The maximum atomic E-state index is 11.6. The quantitative estimate of drug-likeness (QED) is 0.846. The Hall–Kier alpha value is -0.670. The number of carbonyl (C=O) groups excluding carboxylic acids is 1. The van der Waals surface area contributed by atoms with Crippen molar-refractivity contribution in [2.75, 3.05) is 13.1 Å². The summed E-state index contributed by atoms with van der Waals surface area (Å²) in [5.41, 5.74) is 1.35. The average Bonchev–Trinajstić information content (AvgIpc) is 2.41. The summed E-state index contributed by atoms with van der Waals surface area (Å²) in [6.45, 7) is 5.07. The van der Waals surface area contributed by atoms with E-state index in [1.54, 1.807) is 0 Å². The van der Waals surface area contributed by atoms with Gasteiger partial charge in [0.2, 0.25) is 0 Å². The van der Waals surface area contributed by atoms with Crippen LogP contribution in [-0.2, 0) is 11.3 Å². The summed E-state index contributed by atoms with van der Waals surface area (Å²) in [4.78, 5) is 14.1. The highest BCUT2D eigenvalue weighted by molar-refractivity contribution is 9.10. The van der Waals surface area contributed by atoms with Gasteiger partial charge in [0.1, 0.15) is 5.78 Å². The molecule has 0 radical (unpaired) electrons. The molecular weight excluding hydrogens is 290 g/mol. The first-order chi connectivity index (χ1) is 8.69. The van der Waals surface area contributed by atoms with E-state index in [1.165, 1.54) is 5.56 Å². The van der Waals surface area contributed by atoms with Crippen LogP contribution in [-0.4, -0.2) is 23.8 Å². The number of Topliss-reactive ketones (excluding diaryl/α,β-unsaturated/α-hetero) is 1. The van der Waals surface area contributed by atoms with Crippen molar-refractivity contribution in [3.8, 4) is 0 Å². The molecule has 1 aliphatic heterocycles. The summed E-state index contributed by atoms with van der Waals surface area (Å²) in [5, 5.41) is 0. The molecule has 0 amide bonds. The van der Waals surface area contributed by atoms with Gasteiger partial charge in [0.25, 0.3) is 0 Å². The van der Waals surface area contributed by atoms with Gasteiger partial charge in [-0.05, 0) is 43.6 Å². The third-order valence-corrected chi connectivity index (χ3v) is 4.24. The zero-order valence-corrected chi connectivity index (χ0v) is 12.4. The van der Waals surface area contributed by atoms with Crippen LogP contribution in [0.15, 0.2) is 28.7 Å². The van der Waals surface area contributed by atoms with Crippen LogP contribution in [0.2, 0.25) is 0 Å². The third-order valence-electron chi connectivity index (χ3n) is 3.71. The van der Waals surface area contributed by atoms with Gasteiger partial charge in [-0.3, -0.25) is 9.69 Å². The minimum atomic E-state index is 0.316. The van der Waals surface area contributed by atoms with Crippen molar-refractivity contribution in [3.05, 3.63) is 34.3 Å². The lowest BCUT2D eigenvalue weighted by Crippen LogP contribution is -2.35. The Morgan fingerprint density at radius 2 is 1.89 bits per heavy atom. The molecule has 0 unspecified atom stereocenters. The van der Waals surface area contributed by atoms with E-state index < -0.39 is 0 Å². The molecule has 1 aliphatic rings. The number of carbonyl (C=O) groups is 1. The number of hydrogen-bond acceptors (Lipinski definition) is 2. The Bertz CT molecular complexity index is 393. The summed E-state index contributed by atoms with van der Waals surface area (Å²) < 4.78 is 1.12. The molecule has 1 aromatic rings. The van der Waals surface area contributed by atoms with Crippen LogP contribution in [0.4, 0.5) is 0 Å². The Balaban J connectivity index is 1.83. The highest BCUT2D eigenvalue weighted by Crippen LogP contribution is 2.21. The van der Waals surface area contributed by atoms with E-state index >= 15 is 0 Å². The molecule has 1 fully saturated rings. The van der Waals surface area contributed by atoms with Crippen molar-refractivity contribution in [2.24, 2.45) is 5.92 Å². The van der Waals surface area contributed by atoms with E-state index in [-0.39, 0.29) is 0 Å². The van der Waals surface area contributed by atoms with Crippen LogP contribution >= 0.6 is 15.9 Å². The predicted octanol–water partition coefficient (Wildman–Crippen LogP) is 3.64. The van der Waals surface area contributed by atoms with Gasteiger partial charge >= 0.3 is 0 Å². The van der Waals surface area contributed by atoms with E-state index in [4.69, 9.17) is 0 Å². The SMILES string of the molecule is CCC(=O)C1CCN(Cc2ccc(Br)cc2)CC1. The standard InChI is InChI=1S/C15H20BrNO/c1-2-15(18)13-7-9-17(10-8-13)11-12-3-5-14(16)6-4-12/h3-6,13H,2,7-11H2,1H3. The first kappa shape index (κ1) is 13.8. The molecule has 0 atom stereocenters. The van der Waals surface area contributed by atoms with Gasteiger partial charge in [-0.25, -0.2) is 0 Å². The molecule has 1 saturated heterocycles. The first-order valence-electron chi connectivity index (χ1n) is 6.68. The van der Waals surface area contributed by atoms with Gasteiger partial charge in [-0.15, -0.1) is 0 Å². The predicted molar refractivity (Wildman–Crippen MR) is 77.4 cm³/mol. The molecule has 0 aromatic heterocycles. The number of halogens is 1. The number of piperidine rings is 1. The van der Waals surface area contributed by atoms with Crippen LogP contribution in [0.5, 0.6) is 0 Å². The molecular formula is C15H20BrNO. The summed E-state index contributed by atoms with van der Waals surface area (Å²) >= 11 is 3.45. The number of likely N-dealkylation sites (tertiary alicyclic amines) is 1. The van der Waals surface area contributed by atoms with Crippen molar-refractivity contribution in [1.29, 1.82) is 0 Å². The van der Waals surface area contributed by atoms with Gasteiger partial charge in [-0.2, -0.15) is 0 Å². The summed E-state index contributed by atoms with van der Waals surface area (Å²) in [6.07, 6.45) is 2.75. The molecule has 0 spiro atoms. The van der Waals surface area contributed by atoms with Crippen LogP contribution in [0, 0.1) is 5.92 Å². The van der Waals surface area contributed by atoms with Crippen molar-refractivity contribution >= 4 is 21.7 Å². The topological polar surface area (TPSA) is 20.3 Å². The van der Waals surface area contributed by atoms with Crippen LogP contribution in [0.1, 0.15) is 31.7 Å². The second-order valence-corrected chi connectivity index (χ2v) is 5.91. The summed E-state index contributed by atoms with van der Waals surface area (Å²) in [7, 11) is 0. The molecule has 0 bridgehead atoms. The molecule has 2 nitrogen and oxygen atoms in total. The zero-order chi connectivity index (χ0) is 13.0. The van der Waals surface area contributed by atoms with Crippen LogP contribution in [0.3, 0.4) is 0 Å². The van der Waals surface area contributed by atoms with Gasteiger partial charge < -0.3 is 0 Å². The lowest BCUT2D eigenvalue weighted by molar-refractivity contribution is -0.124. The minimum Gasteiger partial charge on any atom is -0.299 e. The van der Waals surface area contributed by atoms with E-state index in [0.29, 0.717) is 18.1 Å². The fourth-order valence-electron chi connectivity index (χ4n) is 2.55. The fraction of sp³-hybridized carbons (Fsp3) is 0.533. The zero-order valence-electron chi connectivity index (χ0n) is 10.9. The first-order valence-corrected chi connectivity index (χ1v) is 7.48. The minimum absolute atomic E-state index is 0.316. The highest BCUT2D eigenvalue weighted by atomic mass is 79.9. The monoisotopic (exact) mass is 309 g/mol. The van der Waals surface area contributed by atoms with Crippen molar-refractivity contribution in [2.45, 2.75) is 32.7 Å². The fourth-order valence-corrected chi connectivity index (χ4v) is 2.81. The molecule has 0 saturated carbocycles. The molecule has 3 heteroatoms. The van der Waals surface area contributed by atoms with Gasteiger partial charge in [0.15, 0.2) is 0 Å². The van der Waals surface area contributed by atoms with Crippen molar-refractivity contribution < 1.29 is 4.79 Å². The molecule has 1 heterocycles. The number of hydrogen-bond donors (Lipinski definition) is 0. The molecule has 18 heavy (non-hydrogen) atoms. The summed E-state index contributed by atoms with van der Waals surface area (Å²) in [5.74, 6) is 0.759. The smallest absolute Gasteiger partial charge is 0.135 e. The number of ketones is 1. The Morgan fingerprint density at radius 1 is 1.28 bits per heavy atom. The number of nitrogens with zero attached hydrogens (tertiary/aromatic N) is 1. The van der Waals surface area contributed by atoms with Crippen molar-refractivity contribution in [1.82, 2.24) is 4.90 Å². The van der Waals surface area contributed by atoms with Gasteiger partial charge in [0.05, 0.1) is 0 Å². The van der Waals surface area contributed by atoms with E-state index in [1.807, 2.05) is 6.92 Å². The molecule has 2 rings (SSSR count). The largest absolute Gasteiger partial charge is 0.299 e. The molecule has 1 aromatic carbocycles. The van der Waals surface area contributed by atoms with Crippen molar-refractivity contribution in [3.63, 3.8) is 0 Å². The summed E-state index contributed by atoms with van der Waals surface area (Å²) in [6, 6.07) is 8.49. The van der Waals surface area contributed by atoms with Gasteiger partial charge in [0, 0.05) is 23.4 Å². The van der Waals surface area contributed by atoms with Crippen LogP contribution < -0.4 is 0 Å². The van der Waals surface area contributed by atoms with E-state index in [2.05, 4.69) is 45.1 Å². The third kappa shape index (κ3) is 3.66. The Labute approximate surface area is 117 Å². The highest BCUT2D eigenvalue weighted by Gasteiger charge is 2.23. The molecule has 0 N–H and O–H groups in total. The molecule has 0 aliphatic carbocycles. The average molecular weight is 310 g/mol. The van der Waals surface area contributed by atoms with E-state index in [9.17, 15) is 4.79 Å². The van der Waals surface area contributed by atoms with Crippen LogP contribution in [0.25, 0.3) is 0 Å². The molecule has 98 valence electrons. The number of benzene rings is 1. The number of rotatable bonds is 4.